The van der Waals surface area contributed by atoms with E-state index in [1.807, 2.05) is 19.1 Å². The quantitative estimate of drug-likeness (QED) is 0.812. The smallest absolute Gasteiger partial charge is 0.401 e. The average molecular weight is 344 g/mol. The van der Waals surface area contributed by atoms with E-state index in [1.165, 1.54) is 11.1 Å². The lowest BCUT2D eigenvalue weighted by atomic mass is 9.92. The van der Waals surface area contributed by atoms with Gasteiger partial charge in [0.05, 0.1) is 13.2 Å². The van der Waals surface area contributed by atoms with Crippen molar-refractivity contribution in [1.82, 2.24) is 10.2 Å². The van der Waals surface area contributed by atoms with E-state index in [-0.39, 0.29) is 6.54 Å². The molecule has 0 radical (unpaired) electrons. The molecule has 0 amide bonds. The van der Waals surface area contributed by atoms with Crippen molar-refractivity contribution in [1.29, 1.82) is 0 Å². The van der Waals surface area contributed by atoms with E-state index in [0.29, 0.717) is 18.4 Å². The lowest BCUT2D eigenvalue weighted by Gasteiger charge is -2.35. The number of halogens is 3. The first-order chi connectivity index (χ1) is 11.3. The van der Waals surface area contributed by atoms with E-state index in [9.17, 15) is 13.2 Å². The molecule has 0 aromatic heterocycles. The van der Waals surface area contributed by atoms with Crippen LogP contribution in [0, 0.1) is 0 Å². The summed E-state index contributed by atoms with van der Waals surface area (Å²) >= 11 is 0. The van der Waals surface area contributed by atoms with E-state index in [2.05, 4.69) is 24.1 Å². The Balaban J connectivity index is 2.18. The third-order valence-corrected chi connectivity index (χ3v) is 4.35. The van der Waals surface area contributed by atoms with Gasteiger partial charge >= 0.3 is 6.18 Å². The molecular weight excluding hydrogens is 317 g/mol. The Morgan fingerprint density at radius 2 is 2.00 bits per heavy atom. The van der Waals surface area contributed by atoms with Crippen molar-refractivity contribution in [3.63, 3.8) is 0 Å². The summed E-state index contributed by atoms with van der Waals surface area (Å²) in [7, 11) is 0. The monoisotopic (exact) mass is 344 g/mol. The van der Waals surface area contributed by atoms with Crippen LogP contribution in [-0.4, -0.2) is 36.8 Å². The predicted octanol–water partition coefficient (Wildman–Crippen LogP) is 3.89. The molecule has 1 unspecified atom stereocenters. The number of nitrogens with zero attached hydrogens (tertiary/aromatic N) is 1. The highest BCUT2D eigenvalue weighted by atomic mass is 19.4. The summed E-state index contributed by atoms with van der Waals surface area (Å²) in [5.74, 6) is 0.692. The molecule has 1 N–H and O–H groups in total. The van der Waals surface area contributed by atoms with Gasteiger partial charge in [-0.05, 0) is 50.4 Å². The number of hydrogen-bond donors (Lipinski definition) is 1. The van der Waals surface area contributed by atoms with Crippen molar-refractivity contribution >= 4 is 0 Å². The molecule has 0 spiro atoms. The van der Waals surface area contributed by atoms with Gasteiger partial charge < -0.3 is 10.1 Å². The summed E-state index contributed by atoms with van der Waals surface area (Å²) in [4.78, 5) is 2.44. The largest absolute Gasteiger partial charge is 0.494 e. The van der Waals surface area contributed by atoms with Crippen LogP contribution in [0.15, 0.2) is 12.1 Å². The Bertz CT molecular complexity index is 546. The number of nitrogens with one attached hydrogen (secondary N) is 1. The third-order valence-electron chi connectivity index (χ3n) is 4.35. The minimum atomic E-state index is -4.20. The molecular formula is C18H27F3N2O. The van der Waals surface area contributed by atoms with E-state index in [4.69, 9.17) is 4.74 Å². The van der Waals surface area contributed by atoms with Crippen LogP contribution in [-0.2, 0) is 19.5 Å². The maximum absolute atomic E-state index is 12.3. The summed E-state index contributed by atoms with van der Waals surface area (Å²) < 4.78 is 42.7. The summed E-state index contributed by atoms with van der Waals surface area (Å²) in [5.41, 5.74) is 3.25. The maximum atomic E-state index is 12.3. The molecule has 0 saturated carbocycles. The van der Waals surface area contributed by atoms with Crippen LogP contribution in [0.4, 0.5) is 13.2 Å². The van der Waals surface area contributed by atoms with Crippen LogP contribution in [0.2, 0.25) is 0 Å². The molecule has 24 heavy (non-hydrogen) atoms. The number of benzene rings is 1. The number of hydrogen-bond acceptors (Lipinski definition) is 3. The van der Waals surface area contributed by atoms with Gasteiger partial charge in [-0.15, -0.1) is 0 Å². The summed E-state index contributed by atoms with van der Waals surface area (Å²) in [5, 5.41) is 2.47. The Hall–Kier alpha value is -1.27. The van der Waals surface area contributed by atoms with Crippen molar-refractivity contribution in [2.75, 3.05) is 19.7 Å². The first-order valence-corrected chi connectivity index (χ1v) is 8.63. The van der Waals surface area contributed by atoms with Gasteiger partial charge in [-0.3, -0.25) is 4.90 Å². The molecule has 0 aliphatic carbocycles. The molecule has 6 heteroatoms. The minimum Gasteiger partial charge on any atom is -0.494 e. The highest BCUT2D eigenvalue weighted by Gasteiger charge is 2.27. The average Bonchev–Trinajstić information content (AvgIpc) is 2.48. The van der Waals surface area contributed by atoms with E-state index < -0.39 is 12.7 Å². The van der Waals surface area contributed by atoms with Crippen LogP contribution in [0.5, 0.6) is 5.75 Å². The van der Waals surface area contributed by atoms with Crippen molar-refractivity contribution in [2.24, 2.45) is 0 Å². The SMILES string of the molecule is CCCN1Cc2cc(OCC)c(CNCC(F)(F)F)cc2CC1C. The van der Waals surface area contributed by atoms with Gasteiger partial charge in [0.25, 0.3) is 0 Å². The van der Waals surface area contributed by atoms with Gasteiger partial charge in [0, 0.05) is 24.7 Å². The zero-order valence-corrected chi connectivity index (χ0v) is 14.7. The zero-order chi connectivity index (χ0) is 17.7. The van der Waals surface area contributed by atoms with Crippen LogP contribution in [0.25, 0.3) is 0 Å². The molecule has 1 aromatic carbocycles. The van der Waals surface area contributed by atoms with Gasteiger partial charge in [-0.25, -0.2) is 0 Å². The molecule has 1 aliphatic rings. The Kier molecular flexibility index (Phi) is 6.52. The molecule has 0 fully saturated rings. The minimum absolute atomic E-state index is 0.162. The molecule has 1 heterocycles. The second-order valence-corrected chi connectivity index (χ2v) is 6.40. The van der Waals surface area contributed by atoms with E-state index >= 15 is 0 Å². The van der Waals surface area contributed by atoms with Crippen molar-refractivity contribution in [3.05, 3.63) is 28.8 Å². The van der Waals surface area contributed by atoms with Gasteiger partial charge in [-0.2, -0.15) is 13.2 Å². The van der Waals surface area contributed by atoms with Gasteiger partial charge in [-0.1, -0.05) is 13.0 Å². The fourth-order valence-electron chi connectivity index (χ4n) is 3.23. The Morgan fingerprint density at radius 1 is 1.25 bits per heavy atom. The first-order valence-electron chi connectivity index (χ1n) is 8.63. The molecule has 1 atom stereocenters. The van der Waals surface area contributed by atoms with Crippen LogP contribution in [0.3, 0.4) is 0 Å². The summed E-state index contributed by atoms with van der Waals surface area (Å²) in [6, 6.07) is 4.48. The number of fused-ring (bicyclic) bond motifs is 1. The van der Waals surface area contributed by atoms with E-state index in [0.717, 1.165) is 31.5 Å². The number of ether oxygens (including phenoxy) is 1. The zero-order valence-electron chi connectivity index (χ0n) is 14.7. The van der Waals surface area contributed by atoms with Gasteiger partial charge in [0.1, 0.15) is 5.75 Å². The second-order valence-electron chi connectivity index (χ2n) is 6.40. The Labute approximate surface area is 142 Å². The second kappa shape index (κ2) is 8.21. The summed E-state index contributed by atoms with van der Waals surface area (Å²) in [6.07, 6.45) is -2.17. The summed E-state index contributed by atoms with van der Waals surface area (Å²) in [6.45, 7) is 7.86. The van der Waals surface area contributed by atoms with Crippen LogP contribution in [0.1, 0.15) is 43.9 Å². The van der Waals surface area contributed by atoms with Crippen LogP contribution < -0.4 is 10.1 Å². The van der Waals surface area contributed by atoms with Gasteiger partial charge in [0.15, 0.2) is 0 Å². The van der Waals surface area contributed by atoms with Crippen molar-refractivity contribution < 1.29 is 17.9 Å². The molecule has 0 bridgehead atoms. The number of alkyl halides is 3. The fraction of sp³-hybridized carbons (Fsp3) is 0.667. The first kappa shape index (κ1) is 19.1. The van der Waals surface area contributed by atoms with Gasteiger partial charge in [0.2, 0.25) is 0 Å². The fourth-order valence-corrected chi connectivity index (χ4v) is 3.23. The predicted molar refractivity (Wildman–Crippen MR) is 89.2 cm³/mol. The lowest BCUT2D eigenvalue weighted by molar-refractivity contribution is -0.125. The normalized spacial score (nSPS) is 18.5. The molecule has 3 nitrogen and oxygen atoms in total. The molecule has 2 rings (SSSR count). The highest BCUT2D eigenvalue weighted by molar-refractivity contribution is 5.44. The van der Waals surface area contributed by atoms with Crippen LogP contribution >= 0.6 is 0 Å². The van der Waals surface area contributed by atoms with Crippen molar-refractivity contribution in [2.45, 2.75) is 58.9 Å². The third kappa shape index (κ3) is 5.11. The van der Waals surface area contributed by atoms with Crippen molar-refractivity contribution in [3.8, 4) is 5.75 Å². The standard InChI is InChI=1S/C18H27F3N2O/c1-4-6-23-11-16-9-17(24-5-2)15(8-14(16)7-13(23)3)10-22-12-18(19,20)21/h8-9,13,22H,4-7,10-12H2,1-3H3. The molecule has 136 valence electrons. The maximum Gasteiger partial charge on any atom is 0.401 e. The number of rotatable bonds is 7. The molecule has 0 saturated heterocycles. The Morgan fingerprint density at radius 3 is 2.62 bits per heavy atom. The topological polar surface area (TPSA) is 24.5 Å². The lowest BCUT2D eigenvalue weighted by Crippen LogP contribution is -2.38. The molecule has 1 aromatic rings. The van der Waals surface area contributed by atoms with E-state index in [1.54, 1.807) is 0 Å². The highest BCUT2D eigenvalue weighted by Crippen LogP contribution is 2.30. The molecule has 1 aliphatic heterocycles.